The van der Waals surface area contributed by atoms with Gasteiger partial charge in [0, 0.05) is 13.0 Å². The molecule has 2 amide bonds. The van der Waals surface area contributed by atoms with E-state index >= 15 is 0 Å². The Balaban J connectivity index is 2.68. The molecule has 16 heavy (non-hydrogen) atoms. The second-order valence-electron chi connectivity index (χ2n) is 3.59. The molecule has 0 radical (unpaired) electrons. The van der Waals surface area contributed by atoms with E-state index in [4.69, 9.17) is 5.73 Å². The largest absolute Gasteiger partial charge is 0.369 e. The molecule has 2 atom stereocenters. The number of amides is 2. The number of carbonyl (C=O) groups is 2. The molecule has 1 fully saturated rings. The first-order chi connectivity index (χ1) is 7.60. The first kappa shape index (κ1) is 12.9. The van der Waals surface area contributed by atoms with Crippen molar-refractivity contribution < 1.29 is 9.59 Å². The number of piperidine rings is 1. The van der Waals surface area contributed by atoms with Gasteiger partial charge in [-0.25, -0.2) is 4.76 Å². The monoisotopic (exact) mass is 244 g/mol. The van der Waals surface area contributed by atoms with Crippen molar-refractivity contribution >= 4 is 27.2 Å². The molecule has 1 saturated heterocycles. The lowest BCUT2D eigenvalue weighted by atomic mass is 10.0. The molecule has 7 heteroatoms. The summed E-state index contributed by atoms with van der Waals surface area (Å²) in [5.74, 6) is -0.135. The molecule has 0 bridgehead atoms. The van der Waals surface area contributed by atoms with Gasteiger partial charge in [-0.2, -0.15) is 0 Å². The highest BCUT2D eigenvalue weighted by molar-refractivity contribution is 7.15. The Kier molecular flexibility index (Phi) is 4.68. The van der Waals surface area contributed by atoms with E-state index in [0.717, 1.165) is 6.42 Å². The van der Waals surface area contributed by atoms with Crippen molar-refractivity contribution in [1.29, 1.82) is 0 Å². The highest BCUT2D eigenvalue weighted by Crippen LogP contribution is 2.12. The maximum atomic E-state index is 11.9. The molecule has 0 aromatic rings. The Bertz CT molecular complexity index is 319. The Labute approximate surface area is 96.9 Å². The van der Waals surface area contributed by atoms with E-state index in [1.54, 1.807) is 6.92 Å². The lowest BCUT2D eigenvalue weighted by Crippen LogP contribution is -2.55. The van der Waals surface area contributed by atoms with Crippen molar-refractivity contribution in [3.8, 4) is 0 Å². The second-order valence-corrected chi connectivity index (χ2v) is 3.85. The van der Waals surface area contributed by atoms with Crippen LogP contribution in [0.1, 0.15) is 26.2 Å². The summed E-state index contributed by atoms with van der Waals surface area (Å²) in [6.45, 7) is 2.31. The van der Waals surface area contributed by atoms with E-state index < -0.39 is 6.04 Å². The van der Waals surface area contributed by atoms with Gasteiger partial charge in [0.25, 0.3) is 5.91 Å². The van der Waals surface area contributed by atoms with Crippen LogP contribution in [0.5, 0.6) is 0 Å². The molecule has 2 unspecified atom stereocenters. The smallest absolute Gasteiger partial charge is 0.251 e. The average molecular weight is 244 g/mol. The topological polar surface area (TPSA) is 87.8 Å². The molecule has 1 aliphatic rings. The van der Waals surface area contributed by atoms with Gasteiger partial charge in [-0.3, -0.25) is 14.5 Å². The fourth-order valence-corrected chi connectivity index (χ4v) is 1.74. The molecule has 0 aromatic heterocycles. The van der Waals surface area contributed by atoms with E-state index in [-0.39, 0.29) is 17.8 Å². The van der Waals surface area contributed by atoms with Crippen LogP contribution in [0.3, 0.4) is 0 Å². The summed E-state index contributed by atoms with van der Waals surface area (Å²) in [5.41, 5.74) is 5.59. The minimum atomic E-state index is -0.466. The molecule has 0 aliphatic carbocycles. The summed E-state index contributed by atoms with van der Waals surface area (Å²) in [6.07, 6.45) is 1.84. The van der Waals surface area contributed by atoms with Crippen LogP contribution >= 0.6 is 9.39 Å². The van der Waals surface area contributed by atoms with Gasteiger partial charge in [0.15, 0.2) is 0 Å². The molecule has 0 saturated carbocycles. The third-order valence-corrected chi connectivity index (χ3v) is 2.77. The van der Waals surface area contributed by atoms with Crippen LogP contribution < -0.4 is 11.1 Å². The molecule has 6 nitrogen and oxygen atoms in total. The molecular weight excluding hydrogens is 227 g/mol. The normalized spacial score (nSPS) is 22.1. The summed E-state index contributed by atoms with van der Waals surface area (Å²) in [4.78, 5) is 24.5. The molecular formula is C9H17N4O2P. The van der Waals surface area contributed by atoms with Gasteiger partial charge in [0.1, 0.15) is 6.04 Å². The summed E-state index contributed by atoms with van der Waals surface area (Å²) < 4.78 is 3.70. The number of hydrogen-bond acceptors (Lipinski definition) is 3. The number of nitrogens with one attached hydrogen (secondary N) is 1. The zero-order valence-corrected chi connectivity index (χ0v) is 10.4. The number of hydrogen-bond donors (Lipinski definition) is 2. The third-order valence-electron chi connectivity index (χ3n) is 2.50. The summed E-state index contributed by atoms with van der Waals surface area (Å²) >= 11 is 0. The molecule has 3 N–H and O–H groups in total. The Morgan fingerprint density at radius 3 is 3.00 bits per heavy atom. The van der Waals surface area contributed by atoms with Crippen molar-refractivity contribution in [3.63, 3.8) is 0 Å². The Morgan fingerprint density at radius 1 is 1.75 bits per heavy atom. The summed E-state index contributed by atoms with van der Waals surface area (Å²) in [7, 11) is 2.12. The predicted molar refractivity (Wildman–Crippen MR) is 64.5 cm³/mol. The Hall–Kier alpha value is -1.16. The van der Waals surface area contributed by atoms with E-state index in [2.05, 4.69) is 19.5 Å². The van der Waals surface area contributed by atoms with Crippen LogP contribution in [0, 0.1) is 0 Å². The number of guanidine groups is 1. The van der Waals surface area contributed by atoms with Crippen molar-refractivity contribution in [2.24, 2.45) is 10.5 Å². The third kappa shape index (κ3) is 2.92. The number of rotatable bonds is 2. The molecule has 0 aromatic carbocycles. The zero-order valence-electron chi connectivity index (χ0n) is 9.27. The van der Waals surface area contributed by atoms with Crippen LogP contribution in [0.4, 0.5) is 0 Å². The maximum Gasteiger partial charge on any atom is 0.251 e. The standard InChI is InChI=1S/C9H17N4O2P/c1-2-7(14)11-6-4-3-5-13(8(6)15)9(10)12-16/h6H,2-5,16H2,1H3,(H2,10,12)(H,11,14). The minimum absolute atomic E-state index is 0.124. The predicted octanol–water partition coefficient (Wildman–Crippen LogP) is -0.392. The van der Waals surface area contributed by atoms with Crippen LogP contribution in [0.25, 0.3) is 0 Å². The van der Waals surface area contributed by atoms with Gasteiger partial charge >= 0.3 is 0 Å². The van der Waals surface area contributed by atoms with Crippen LogP contribution in [0.15, 0.2) is 4.76 Å². The molecule has 1 heterocycles. The highest BCUT2D eigenvalue weighted by Gasteiger charge is 2.31. The first-order valence-corrected chi connectivity index (χ1v) is 5.75. The van der Waals surface area contributed by atoms with Gasteiger partial charge in [-0.05, 0) is 22.2 Å². The highest BCUT2D eigenvalue weighted by atomic mass is 31.0. The van der Waals surface area contributed by atoms with E-state index in [0.29, 0.717) is 19.4 Å². The SMILES string of the molecule is CCC(=O)NC1CCCN(C(N)=NP)C1=O. The van der Waals surface area contributed by atoms with Gasteiger partial charge in [0.05, 0.1) is 0 Å². The zero-order chi connectivity index (χ0) is 12.1. The van der Waals surface area contributed by atoms with Crippen LogP contribution in [-0.2, 0) is 9.59 Å². The van der Waals surface area contributed by atoms with Gasteiger partial charge in [-0.1, -0.05) is 6.92 Å². The van der Waals surface area contributed by atoms with E-state index in [1.807, 2.05) is 0 Å². The van der Waals surface area contributed by atoms with Gasteiger partial charge in [-0.15, -0.1) is 0 Å². The van der Waals surface area contributed by atoms with Crippen molar-refractivity contribution in [2.45, 2.75) is 32.2 Å². The van der Waals surface area contributed by atoms with E-state index in [1.165, 1.54) is 4.90 Å². The minimum Gasteiger partial charge on any atom is -0.369 e. The van der Waals surface area contributed by atoms with Crippen molar-refractivity contribution in [1.82, 2.24) is 10.2 Å². The lowest BCUT2D eigenvalue weighted by Gasteiger charge is -2.31. The van der Waals surface area contributed by atoms with Crippen LogP contribution in [0.2, 0.25) is 0 Å². The maximum absolute atomic E-state index is 11.9. The molecule has 0 spiro atoms. The number of likely N-dealkylation sites (tertiary alicyclic amines) is 1. The average Bonchev–Trinajstić information content (AvgIpc) is 2.30. The quantitative estimate of drug-likeness (QED) is 0.394. The Morgan fingerprint density at radius 2 is 2.44 bits per heavy atom. The van der Waals surface area contributed by atoms with Crippen molar-refractivity contribution in [2.75, 3.05) is 6.54 Å². The fraction of sp³-hybridized carbons (Fsp3) is 0.667. The summed E-state index contributed by atoms with van der Waals surface area (Å²) in [5, 5.41) is 2.68. The van der Waals surface area contributed by atoms with Gasteiger partial charge in [0.2, 0.25) is 11.9 Å². The molecule has 1 aliphatic heterocycles. The number of nitrogens with two attached hydrogens (primary N) is 1. The van der Waals surface area contributed by atoms with E-state index in [9.17, 15) is 9.59 Å². The second kappa shape index (κ2) is 5.80. The van der Waals surface area contributed by atoms with Gasteiger partial charge < -0.3 is 11.1 Å². The number of nitrogens with zero attached hydrogens (tertiary/aromatic N) is 2. The summed E-state index contributed by atoms with van der Waals surface area (Å²) in [6, 6.07) is -0.466. The van der Waals surface area contributed by atoms with Crippen molar-refractivity contribution in [3.05, 3.63) is 0 Å². The first-order valence-electron chi connectivity index (χ1n) is 5.24. The van der Waals surface area contributed by atoms with Crippen LogP contribution in [-0.4, -0.2) is 35.3 Å². The lowest BCUT2D eigenvalue weighted by molar-refractivity contribution is -0.135. The number of carbonyl (C=O) groups excluding carboxylic acids is 2. The molecule has 90 valence electrons. The fourth-order valence-electron chi connectivity index (χ4n) is 1.60. The molecule has 1 rings (SSSR count).